The van der Waals surface area contributed by atoms with Gasteiger partial charge < -0.3 is 10.2 Å². The highest BCUT2D eigenvalue weighted by molar-refractivity contribution is 5.58. The summed E-state index contributed by atoms with van der Waals surface area (Å²) in [6.45, 7) is 2.48. The van der Waals surface area contributed by atoms with Gasteiger partial charge in [0, 0.05) is 16.2 Å². The summed E-state index contributed by atoms with van der Waals surface area (Å²) in [6, 6.07) is 0. The van der Waals surface area contributed by atoms with Crippen molar-refractivity contribution in [1.82, 2.24) is 0 Å². The lowest BCUT2D eigenvalue weighted by Crippen LogP contribution is -2.64. The molecule has 4 bridgehead atoms. The molecule has 10 saturated carbocycles. The van der Waals surface area contributed by atoms with Gasteiger partial charge in [-0.05, 0) is 78.9 Å². The Labute approximate surface area is 137 Å². The summed E-state index contributed by atoms with van der Waals surface area (Å²) in [7, 11) is 0. The van der Waals surface area contributed by atoms with E-state index in [1.807, 2.05) is 0 Å². The van der Waals surface area contributed by atoms with Crippen LogP contribution < -0.4 is 0 Å². The molecule has 0 aliphatic heterocycles. The Balaban J connectivity index is 1.55. The van der Waals surface area contributed by atoms with Gasteiger partial charge in [-0.25, -0.2) is 0 Å². The molecule has 10 aliphatic carbocycles. The summed E-state index contributed by atoms with van der Waals surface area (Å²) in [5, 5.41) is 25.1. The average Bonchev–Trinajstić information content (AvgIpc) is 3.26. The maximum Gasteiger partial charge on any atom is 0.106 e. The number of hydrogen-bond acceptors (Lipinski definition) is 2. The van der Waals surface area contributed by atoms with E-state index in [0.717, 1.165) is 35.5 Å². The van der Waals surface area contributed by atoms with Gasteiger partial charge in [0.15, 0.2) is 0 Å². The maximum atomic E-state index is 12.6. The first-order valence-electron chi connectivity index (χ1n) is 10.5. The van der Waals surface area contributed by atoms with Gasteiger partial charge in [-0.15, -0.1) is 0 Å². The molecule has 0 heterocycles. The van der Waals surface area contributed by atoms with Crippen LogP contribution in [-0.2, 0) is 0 Å². The normalized spacial score (nSPS) is 90.7. The van der Waals surface area contributed by atoms with Crippen molar-refractivity contribution < 1.29 is 10.2 Å². The van der Waals surface area contributed by atoms with Crippen LogP contribution in [0.1, 0.15) is 45.4 Å². The van der Waals surface area contributed by atoms with Gasteiger partial charge in [0.1, 0.15) is 11.2 Å². The fraction of sp³-hybridized carbons (Fsp3) is 1.00. The minimum Gasteiger partial charge on any atom is -0.386 e. The molecule has 2 spiro atoms. The van der Waals surface area contributed by atoms with Crippen LogP contribution in [0.4, 0.5) is 0 Å². The number of rotatable bonds is 0. The standard InChI is InChI=1S/C21H26O2/c1-17-13-9-5-3-6-18(9)14-12(13)11-10-8-4-2-7-19(8,16(11)17)20(22,15(10)14)21(17,18)23/h8-16,22-23H,2-7H2,1H3/t8-,9+,10+,11-,12-,13+,14-,15-,16-,17-,18-,19+,20-,21-/m0/s1. The molecule has 10 aliphatic rings. The average molecular weight is 310 g/mol. The molecule has 0 saturated heterocycles. The van der Waals surface area contributed by atoms with E-state index < -0.39 is 11.2 Å². The van der Waals surface area contributed by atoms with Gasteiger partial charge in [0.2, 0.25) is 0 Å². The summed E-state index contributed by atoms with van der Waals surface area (Å²) in [4.78, 5) is 0. The van der Waals surface area contributed by atoms with E-state index in [4.69, 9.17) is 0 Å². The molecule has 10 fully saturated rings. The van der Waals surface area contributed by atoms with Crippen LogP contribution in [0.25, 0.3) is 0 Å². The second-order valence-corrected chi connectivity index (χ2v) is 11.6. The second-order valence-electron chi connectivity index (χ2n) is 11.6. The first kappa shape index (κ1) is 11.5. The highest BCUT2D eigenvalue weighted by Gasteiger charge is 3.10. The predicted octanol–water partition coefficient (Wildman–Crippen LogP) is 2.44. The van der Waals surface area contributed by atoms with E-state index in [2.05, 4.69) is 6.92 Å². The summed E-state index contributed by atoms with van der Waals surface area (Å²) in [6.07, 6.45) is 7.85. The molecule has 14 atom stereocenters. The van der Waals surface area contributed by atoms with Gasteiger partial charge in [-0.2, -0.15) is 0 Å². The van der Waals surface area contributed by atoms with E-state index in [0.29, 0.717) is 17.8 Å². The third-order valence-electron chi connectivity index (χ3n) is 13.0. The van der Waals surface area contributed by atoms with Crippen LogP contribution >= 0.6 is 0 Å². The largest absolute Gasteiger partial charge is 0.386 e. The second kappa shape index (κ2) is 2.42. The topological polar surface area (TPSA) is 40.5 Å². The van der Waals surface area contributed by atoms with Crippen molar-refractivity contribution in [3.8, 4) is 0 Å². The lowest BCUT2D eigenvalue weighted by molar-refractivity contribution is -0.224. The Kier molecular flexibility index (Phi) is 1.21. The Morgan fingerprint density at radius 3 is 2.35 bits per heavy atom. The monoisotopic (exact) mass is 310 g/mol. The first-order valence-corrected chi connectivity index (χ1v) is 10.5. The number of hydrogen-bond donors (Lipinski definition) is 2. The fourth-order valence-corrected chi connectivity index (χ4v) is 14.4. The molecule has 2 N–H and O–H groups in total. The molecule has 0 unspecified atom stereocenters. The molecule has 2 heteroatoms. The van der Waals surface area contributed by atoms with Gasteiger partial charge in [0.05, 0.1) is 0 Å². The van der Waals surface area contributed by atoms with Gasteiger partial charge >= 0.3 is 0 Å². The number of aliphatic hydroxyl groups is 2. The Bertz CT molecular complexity index is 761. The minimum absolute atomic E-state index is 0.0707. The van der Waals surface area contributed by atoms with Crippen molar-refractivity contribution >= 4 is 0 Å². The highest BCUT2D eigenvalue weighted by Crippen LogP contribution is 3.07. The van der Waals surface area contributed by atoms with Gasteiger partial charge in [-0.1, -0.05) is 19.8 Å². The van der Waals surface area contributed by atoms with Crippen LogP contribution in [0.15, 0.2) is 0 Å². The fourth-order valence-electron chi connectivity index (χ4n) is 14.4. The summed E-state index contributed by atoms with van der Waals surface area (Å²) < 4.78 is 0. The highest BCUT2D eigenvalue weighted by atomic mass is 16.4. The Morgan fingerprint density at radius 2 is 1.52 bits per heavy atom. The zero-order valence-electron chi connectivity index (χ0n) is 13.8. The van der Waals surface area contributed by atoms with Crippen molar-refractivity contribution in [2.24, 2.45) is 69.5 Å². The van der Waals surface area contributed by atoms with E-state index in [-0.39, 0.29) is 16.2 Å². The zero-order valence-corrected chi connectivity index (χ0v) is 13.8. The lowest BCUT2D eigenvalue weighted by Gasteiger charge is -2.51. The first-order chi connectivity index (χ1) is 11.0. The SMILES string of the molecule is C[C@@]12[C@H]3[C@@H]4[C@@H]5[C@@H]6[C@H]7[C@H]4[C@@]4(CCC[C@H]34)[C@]1(O)[C@@]7(O)[C@@]1(CCC[C@@H]61)[C@@H]52. The summed E-state index contributed by atoms with van der Waals surface area (Å²) in [5.41, 5.74) is -1.03. The quantitative estimate of drug-likeness (QED) is 0.721. The van der Waals surface area contributed by atoms with E-state index in [9.17, 15) is 10.2 Å². The van der Waals surface area contributed by atoms with Crippen molar-refractivity contribution in [3.63, 3.8) is 0 Å². The van der Waals surface area contributed by atoms with Crippen molar-refractivity contribution in [1.29, 1.82) is 0 Å². The predicted molar refractivity (Wildman–Crippen MR) is 82.0 cm³/mol. The third-order valence-corrected chi connectivity index (χ3v) is 13.0. The molecule has 10 rings (SSSR count). The molecule has 23 heavy (non-hydrogen) atoms. The van der Waals surface area contributed by atoms with E-state index >= 15 is 0 Å². The molecular weight excluding hydrogens is 284 g/mol. The molecule has 0 radical (unpaired) electrons. The smallest absolute Gasteiger partial charge is 0.106 e. The molecule has 0 aromatic rings. The third kappa shape index (κ3) is 0.532. The van der Waals surface area contributed by atoms with Crippen LogP contribution in [0, 0.1) is 69.5 Å². The molecular formula is C21H26O2. The summed E-state index contributed by atoms with van der Waals surface area (Å²) in [5.74, 6) is 6.85. The van der Waals surface area contributed by atoms with Crippen molar-refractivity contribution in [3.05, 3.63) is 0 Å². The molecule has 2 nitrogen and oxygen atoms in total. The maximum absolute atomic E-state index is 12.6. The van der Waals surface area contributed by atoms with E-state index in [1.54, 1.807) is 0 Å². The molecule has 0 aromatic carbocycles. The minimum atomic E-state index is -0.710. The molecule has 122 valence electrons. The molecule has 0 aromatic heterocycles. The van der Waals surface area contributed by atoms with Crippen LogP contribution in [0.2, 0.25) is 0 Å². The molecule has 0 amide bonds. The van der Waals surface area contributed by atoms with E-state index in [1.165, 1.54) is 38.5 Å². The van der Waals surface area contributed by atoms with Gasteiger partial charge in [0.25, 0.3) is 0 Å². The van der Waals surface area contributed by atoms with Crippen LogP contribution in [0.5, 0.6) is 0 Å². The Morgan fingerprint density at radius 1 is 0.783 bits per heavy atom. The zero-order chi connectivity index (χ0) is 14.9. The van der Waals surface area contributed by atoms with Crippen molar-refractivity contribution in [2.45, 2.75) is 56.7 Å². The van der Waals surface area contributed by atoms with Crippen LogP contribution in [0.3, 0.4) is 0 Å². The lowest BCUT2D eigenvalue weighted by atomic mass is 9.59. The van der Waals surface area contributed by atoms with Crippen molar-refractivity contribution in [2.75, 3.05) is 0 Å². The summed E-state index contributed by atoms with van der Waals surface area (Å²) >= 11 is 0. The Hall–Kier alpha value is -0.0800. The van der Waals surface area contributed by atoms with Gasteiger partial charge in [-0.3, -0.25) is 0 Å². The van der Waals surface area contributed by atoms with Crippen LogP contribution in [-0.4, -0.2) is 21.4 Å².